The number of carbonyl (C=O) groups is 1. The molecule has 0 atom stereocenters. The highest BCUT2D eigenvalue weighted by Crippen LogP contribution is 2.30. The first-order valence-corrected chi connectivity index (χ1v) is 5.98. The lowest BCUT2D eigenvalue weighted by Gasteiger charge is -2.09. The summed E-state index contributed by atoms with van der Waals surface area (Å²) in [6.07, 6.45) is 0.831. The molecule has 0 amide bonds. The SMILES string of the molecule is Cc1ccc(Oc2ccc(C=O)c(C)c2)c(Cl)c1. The Morgan fingerprint density at radius 3 is 2.50 bits per heavy atom. The molecule has 0 heterocycles. The zero-order chi connectivity index (χ0) is 13.1. The quantitative estimate of drug-likeness (QED) is 0.756. The van der Waals surface area contributed by atoms with Crippen LogP contribution >= 0.6 is 11.6 Å². The predicted molar refractivity (Wildman–Crippen MR) is 72.8 cm³/mol. The van der Waals surface area contributed by atoms with Gasteiger partial charge in [0.1, 0.15) is 17.8 Å². The van der Waals surface area contributed by atoms with Crippen molar-refractivity contribution in [3.05, 3.63) is 58.1 Å². The third-order valence-corrected chi connectivity index (χ3v) is 2.98. The summed E-state index contributed by atoms with van der Waals surface area (Å²) >= 11 is 6.10. The van der Waals surface area contributed by atoms with Gasteiger partial charge in [-0.1, -0.05) is 17.7 Å². The summed E-state index contributed by atoms with van der Waals surface area (Å²) in [5.74, 6) is 1.28. The summed E-state index contributed by atoms with van der Waals surface area (Å²) < 4.78 is 5.70. The van der Waals surface area contributed by atoms with E-state index in [1.807, 2.05) is 38.1 Å². The Bertz CT molecular complexity index is 591. The van der Waals surface area contributed by atoms with E-state index in [1.165, 1.54) is 0 Å². The maximum Gasteiger partial charge on any atom is 0.150 e. The van der Waals surface area contributed by atoms with E-state index in [0.29, 0.717) is 22.1 Å². The summed E-state index contributed by atoms with van der Waals surface area (Å²) in [4.78, 5) is 10.7. The smallest absolute Gasteiger partial charge is 0.150 e. The first kappa shape index (κ1) is 12.7. The Labute approximate surface area is 111 Å². The molecule has 2 nitrogen and oxygen atoms in total. The van der Waals surface area contributed by atoms with E-state index in [1.54, 1.807) is 12.1 Å². The van der Waals surface area contributed by atoms with Gasteiger partial charge >= 0.3 is 0 Å². The molecule has 0 aliphatic rings. The van der Waals surface area contributed by atoms with Crippen molar-refractivity contribution in [1.29, 1.82) is 0 Å². The van der Waals surface area contributed by atoms with Gasteiger partial charge in [-0.3, -0.25) is 4.79 Å². The maximum absolute atomic E-state index is 10.7. The van der Waals surface area contributed by atoms with Crippen molar-refractivity contribution >= 4 is 17.9 Å². The third-order valence-electron chi connectivity index (χ3n) is 2.68. The van der Waals surface area contributed by atoms with Gasteiger partial charge < -0.3 is 4.74 Å². The van der Waals surface area contributed by atoms with Crippen LogP contribution in [-0.2, 0) is 0 Å². The van der Waals surface area contributed by atoms with Gasteiger partial charge in [0.2, 0.25) is 0 Å². The minimum absolute atomic E-state index is 0.576. The lowest BCUT2D eigenvalue weighted by molar-refractivity contribution is 0.112. The summed E-state index contributed by atoms with van der Waals surface area (Å²) in [7, 11) is 0. The van der Waals surface area contributed by atoms with Crippen LogP contribution in [-0.4, -0.2) is 6.29 Å². The maximum atomic E-state index is 10.7. The number of aldehydes is 1. The molecule has 0 saturated carbocycles. The fraction of sp³-hybridized carbons (Fsp3) is 0.133. The van der Waals surface area contributed by atoms with Crippen molar-refractivity contribution in [2.75, 3.05) is 0 Å². The Hall–Kier alpha value is -1.80. The number of aryl methyl sites for hydroxylation is 2. The molecule has 0 unspecified atom stereocenters. The van der Waals surface area contributed by atoms with Crippen molar-refractivity contribution in [1.82, 2.24) is 0 Å². The first-order chi connectivity index (χ1) is 8.60. The molecule has 0 saturated heterocycles. The molecular formula is C15H13ClO2. The van der Waals surface area contributed by atoms with Crippen LogP contribution < -0.4 is 4.74 Å². The number of benzene rings is 2. The van der Waals surface area contributed by atoms with Gasteiger partial charge in [0.25, 0.3) is 0 Å². The highest BCUT2D eigenvalue weighted by atomic mass is 35.5. The van der Waals surface area contributed by atoms with E-state index in [0.717, 1.165) is 17.4 Å². The van der Waals surface area contributed by atoms with Crippen LogP contribution in [0.25, 0.3) is 0 Å². The molecule has 2 aromatic carbocycles. The lowest BCUT2D eigenvalue weighted by Crippen LogP contribution is -1.90. The van der Waals surface area contributed by atoms with Crippen LogP contribution in [0.1, 0.15) is 21.5 Å². The van der Waals surface area contributed by atoms with Crippen molar-refractivity contribution in [3.63, 3.8) is 0 Å². The molecule has 0 bridgehead atoms. The van der Waals surface area contributed by atoms with Gasteiger partial charge in [0, 0.05) is 5.56 Å². The van der Waals surface area contributed by atoms with Gasteiger partial charge in [0.15, 0.2) is 0 Å². The Morgan fingerprint density at radius 1 is 1.11 bits per heavy atom. The number of hydrogen-bond acceptors (Lipinski definition) is 2. The van der Waals surface area contributed by atoms with Gasteiger partial charge in [-0.05, 0) is 55.3 Å². The Morgan fingerprint density at radius 2 is 1.89 bits per heavy atom. The Balaban J connectivity index is 2.28. The van der Waals surface area contributed by atoms with E-state index < -0.39 is 0 Å². The minimum Gasteiger partial charge on any atom is -0.456 e. The van der Waals surface area contributed by atoms with Crippen molar-refractivity contribution in [2.45, 2.75) is 13.8 Å². The second-order valence-electron chi connectivity index (χ2n) is 4.17. The summed E-state index contributed by atoms with van der Waals surface area (Å²) in [6.45, 7) is 3.84. The highest BCUT2D eigenvalue weighted by molar-refractivity contribution is 6.32. The summed E-state index contributed by atoms with van der Waals surface area (Å²) in [5.41, 5.74) is 2.63. The molecule has 92 valence electrons. The van der Waals surface area contributed by atoms with E-state index in [4.69, 9.17) is 16.3 Å². The zero-order valence-electron chi connectivity index (χ0n) is 10.2. The topological polar surface area (TPSA) is 26.3 Å². The fourth-order valence-electron chi connectivity index (χ4n) is 1.66. The average molecular weight is 261 g/mol. The van der Waals surface area contributed by atoms with Crippen LogP contribution in [0.5, 0.6) is 11.5 Å². The highest BCUT2D eigenvalue weighted by Gasteiger charge is 2.05. The largest absolute Gasteiger partial charge is 0.456 e. The van der Waals surface area contributed by atoms with Gasteiger partial charge in [-0.15, -0.1) is 0 Å². The minimum atomic E-state index is 0.576. The molecule has 0 aliphatic heterocycles. The average Bonchev–Trinajstić information content (AvgIpc) is 2.33. The molecule has 0 aromatic heterocycles. The normalized spacial score (nSPS) is 10.2. The monoisotopic (exact) mass is 260 g/mol. The second kappa shape index (κ2) is 5.23. The number of hydrogen-bond donors (Lipinski definition) is 0. The number of carbonyl (C=O) groups excluding carboxylic acids is 1. The van der Waals surface area contributed by atoms with Crippen LogP contribution in [0.4, 0.5) is 0 Å². The van der Waals surface area contributed by atoms with E-state index >= 15 is 0 Å². The van der Waals surface area contributed by atoms with Crippen LogP contribution in [0.15, 0.2) is 36.4 Å². The van der Waals surface area contributed by atoms with Gasteiger partial charge in [-0.2, -0.15) is 0 Å². The number of rotatable bonds is 3. The molecule has 2 aromatic rings. The molecule has 3 heteroatoms. The summed E-state index contributed by atoms with van der Waals surface area (Å²) in [6, 6.07) is 10.9. The molecule has 0 spiro atoms. The Kier molecular flexibility index (Phi) is 3.68. The van der Waals surface area contributed by atoms with Crippen molar-refractivity contribution in [3.8, 4) is 11.5 Å². The zero-order valence-corrected chi connectivity index (χ0v) is 11.0. The lowest BCUT2D eigenvalue weighted by atomic mass is 10.1. The van der Waals surface area contributed by atoms with Gasteiger partial charge in [-0.25, -0.2) is 0 Å². The number of ether oxygens (including phenoxy) is 1. The second-order valence-corrected chi connectivity index (χ2v) is 4.58. The van der Waals surface area contributed by atoms with Crippen molar-refractivity contribution in [2.24, 2.45) is 0 Å². The standard InChI is InChI=1S/C15H13ClO2/c1-10-3-6-15(14(16)7-10)18-13-5-4-12(9-17)11(2)8-13/h3-9H,1-2H3. The number of halogens is 1. The predicted octanol–water partition coefficient (Wildman–Crippen LogP) is 4.56. The molecule has 18 heavy (non-hydrogen) atoms. The molecule has 2 rings (SSSR count). The van der Waals surface area contributed by atoms with E-state index in [2.05, 4.69) is 0 Å². The van der Waals surface area contributed by atoms with Crippen LogP contribution in [0.3, 0.4) is 0 Å². The van der Waals surface area contributed by atoms with E-state index in [9.17, 15) is 4.79 Å². The van der Waals surface area contributed by atoms with E-state index in [-0.39, 0.29) is 0 Å². The molecule has 0 aliphatic carbocycles. The van der Waals surface area contributed by atoms with Crippen LogP contribution in [0, 0.1) is 13.8 Å². The third kappa shape index (κ3) is 2.71. The van der Waals surface area contributed by atoms with Crippen LogP contribution in [0.2, 0.25) is 5.02 Å². The molecular weight excluding hydrogens is 248 g/mol. The molecule has 0 radical (unpaired) electrons. The first-order valence-electron chi connectivity index (χ1n) is 5.60. The molecule has 0 N–H and O–H groups in total. The fourth-order valence-corrected chi connectivity index (χ4v) is 1.93. The van der Waals surface area contributed by atoms with Gasteiger partial charge in [0.05, 0.1) is 5.02 Å². The van der Waals surface area contributed by atoms with Crippen molar-refractivity contribution < 1.29 is 9.53 Å². The summed E-state index contributed by atoms with van der Waals surface area (Å²) in [5, 5.41) is 0.576. The molecule has 0 fully saturated rings.